The highest BCUT2D eigenvalue weighted by Crippen LogP contribution is 2.30. The van der Waals surface area contributed by atoms with E-state index in [9.17, 15) is 4.79 Å². The number of rotatable bonds is 7. The second-order valence-electron chi connectivity index (χ2n) is 7.36. The molecule has 1 aromatic heterocycles. The lowest BCUT2D eigenvalue weighted by Crippen LogP contribution is -2.15. The van der Waals surface area contributed by atoms with Crippen molar-refractivity contribution in [3.05, 3.63) is 89.2 Å². The number of methoxy groups -OCH3 is 1. The van der Waals surface area contributed by atoms with E-state index < -0.39 is 0 Å². The van der Waals surface area contributed by atoms with Crippen LogP contribution >= 0.6 is 12.2 Å². The van der Waals surface area contributed by atoms with E-state index in [1.165, 1.54) is 0 Å². The van der Waals surface area contributed by atoms with Crippen molar-refractivity contribution in [2.24, 2.45) is 0 Å². The van der Waals surface area contributed by atoms with E-state index in [1.54, 1.807) is 11.8 Å². The van der Waals surface area contributed by atoms with Crippen molar-refractivity contribution in [1.82, 2.24) is 14.3 Å². The second kappa shape index (κ2) is 9.62. The van der Waals surface area contributed by atoms with Gasteiger partial charge in [0.2, 0.25) is 10.7 Å². The summed E-state index contributed by atoms with van der Waals surface area (Å²) in [5.74, 6) is 1.27. The highest BCUT2D eigenvalue weighted by Gasteiger charge is 2.18. The zero-order valence-electron chi connectivity index (χ0n) is 18.0. The number of anilines is 1. The Morgan fingerprint density at radius 1 is 1.00 bits per heavy atom. The van der Waals surface area contributed by atoms with E-state index in [2.05, 4.69) is 5.32 Å². The minimum atomic E-state index is -0.0955. The first-order valence-electron chi connectivity index (χ1n) is 10.3. The minimum Gasteiger partial charge on any atom is -0.496 e. The number of amides is 1. The Labute approximate surface area is 192 Å². The van der Waals surface area contributed by atoms with E-state index >= 15 is 0 Å². The number of nitrogens with zero attached hydrogens (tertiary/aromatic N) is 3. The summed E-state index contributed by atoms with van der Waals surface area (Å²) in [5, 5.41) is 7.68. The number of carbonyl (C=O) groups is 1. The van der Waals surface area contributed by atoms with Gasteiger partial charge in [-0.1, -0.05) is 48.0 Å². The number of benzene rings is 3. The van der Waals surface area contributed by atoms with Gasteiger partial charge in [0, 0.05) is 17.8 Å². The maximum absolute atomic E-state index is 12.5. The van der Waals surface area contributed by atoms with Gasteiger partial charge < -0.3 is 10.1 Å². The monoisotopic (exact) mass is 444 g/mol. The maximum Gasteiger partial charge on any atom is 0.226 e. The van der Waals surface area contributed by atoms with E-state index in [0.717, 1.165) is 22.5 Å². The Morgan fingerprint density at radius 2 is 1.69 bits per heavy atom. The van der Waals surface area contributed by atoms with E-state index in [0.29, 0.717) is 22.9 Å². The molecule has 6 nitrogen and oxygen atoms in total. The van der Waals surface area contributed by atoms with E-state index in [1.807, 2.05) is 90.4 Å². The molecule has 3 aromatic carbocycles. The molecule has 0 saturated carbocycles. The summed E-state index contributed by atoms with van der Waals surface area (Å²) < 4.78 is 9.69. The number of carbonyl (C=O) groups excluding carboxylic acids is 1. The Bertz CT molecular complexity index is 1280. The van der Waals surface area contributed by atoms with Gasteiger partial charge in [0.1, 0.15) is 5.75 Å². The van der Waals surface area contributed by atoms with Gasteiger partial charge in [-0.3, -0.25) is 9.36 Å². The fourth-order valence-electron chi connectivity index (χ4n) is 3.44. The molecule has 1 amide bonds. The summed E-state index contributed by atoms with van der Waals surface area (Å²) in [6.45, 7) is 2.40. The lowest BCUT2D eigenvalue weighted by molar-refractivity contribution is -0.116. The molecule has 0 fully saturated rings. The van der Waals surface area contributed by atoms with Crippen LogP contribution < -0.4 is 10.1 Å². The number of para-hydroxylation sites is 2. The molecule has 0 radical (unpaired) electrons. The van der Waals surface area contributed by atoms with Gasteiger partial charge in [-0.15, -0.1) is 0 Å². The average Bonchev–Trinajstić information content (AvgIpc) is 3.15. The molecule has 7 heteroatoms. The van der Waals surface area contributed by atoms with Crippen molar-refractivity contribution in [3.63, 3.8) is 0 Å². The van der Waals surface area contributed by atoms with E-state index in [-0.39, 0.29) is 12.3 Å². The van der Waals surface area contributed by atoms with Crippen molar-refractivity contribution in [2.75, 3.05) is 12.4 Å². The zero-order valence-corrected chi connectivity index (χ0v) is 18.8. The van der Waals surface area contributed by atoms with Crippen LogP contribution in [0.5, 0.6) is 5.75 Å². The predicted molar refractivity (Wildman–Crippen MR) is 129 cm³/mol. The van der Waals surface area contributed by atoms with Crippen molar-refractivity contribution in [1.29, 1.82) is 0 Å². The van der Waals surface area contributed by atoms with Crippen molar-refractivity contribution in [2.45, 2.75) is 19.9 Å². The van der Waals surface area contributed by atoms with Crippen LogP contribution in [0.1, 0.15) is 12.0 Å². The third-order valence-electron chi connectivity index (χ3n) is 5.09. The van der Waals surface area contributed by atoms with E-state index in [4.69, 9.17) is 22.1 Å². The molecular formula is C25H24N4O2S. The molecule has 0 aliphatic heterocycles. The first kappa shape index (κ1) is 21.5. The fourth-order valence-corrected chi connectivity index (χ4v) is 3.76. The third kappa shape index (κ3) is 4.63. The number of aryl methyl sites for hydroxylation is 2. The highest BCUT2D eigenvalue weighted by molar-refractivity contribution is 7.71. The standard InChI is InChI=1S/C25H24N4O2S/c1-18-12-14-20(15-13-18)29-24(21-10-6-7-11-22(21)31-2)27-28(25(29)32)17-16-23(30)26-19-8-4-3-5-9-19/h3-15H,16-17H2,1-2H3,(H,26,30). The lowest BCUT2D eigenvalue weighted by atomic mass is 10.1. The average molecular weight is 445 g/mol. The summed E-state index contributed by atoms with van der Waals surface area (Å²) in [7, 11) is 1.63. The number of hydrogen-bond acceptors (Lipinski definition) is 4. The third-order valence-corrected chi connectivity index (χ3v) is 5.48. The topological polar surface area (TPSA) is 61.1 Å². The van der Waals surface area contributed by atoms with Crippen LogP contribution in [-0.4, -0.2) is 27.4 Å². The van der Waals surface area contributed by atoms with Crippen LogP contribution in [0.15, 0.2) is 78.9 Å². The molecule has 1 heterocycles. The van der Waals surface area contributed by atoms with Crippen LogP contribution in [0.4, 0.5) is 5.69 Å². The molecule has 0 bridgehead atoms. The van der Waals surface area contributed by atoms with Gasteiger partial charge in [0.15, 0.2) is 5.82 Å². The maximum atomic E-state index is 12.5. The number of ether oxygens (including phenoxy) is 1. The van der Waals surface area contributed by atoms with Crippen molar-refractivity contribution < 1.29 is 9.53 Å². The Kier molecular flexibility index (Phi) is 6.47. The first-order chi connectivity index (χ1) is 15.6. The van der Waals surface area contributed by atoms with Gasteiger partial charge in [0.25, 0.3) is 0 Å². The minimum absolute atomic E-state index is 0.0955. The largest absolute Gasteiger partial charge is 0.496 e. The summed E-state index contributed by atoms with van der Waals surface area (Å²) >= 11 is 5.78. The lowest BCUT2D eigenvalue weighted by Gasteiger charge is -2.10. The number of aromatic nitrogens is 3. The van der Waals surface area contributed by atoms with Crippen LogP contribution in [0.3, 0.4) is 0 Å². The molecule has 1 N–H and O–H groups in total. The normalized spacial score (nSPS) is 10.7. The van der Waals surface area contributed by atoms with Gasteiger partial charge in [-0.05, 0) is 55.5 Å². The molecule has 32 heavy (non-hydrogen) atoms. The summed E-state index contributed by atoms with van der Waals surface area (Å²) in [4.78, 5) is 12.5. The van der Waals surface area contributed by atoms with Crippen LogP contribution in [0.2, 0.25) is 0 Å². The Morgan fingerprint density at radius 3 is 2.41 bits per heavy atom. The summed E-state index contributed by atoms with van der Waals surface area (Å²) in [6.07, 6.45) is 0.249. The van der Waals surface area contributed by atoms with Crippen molar-refractivity contribution >= 4 is 23.8 Å². The first-order valence-corrected chi connectivity index (χ1v) is 10.7. The quantitative estimate of drug-likeness (QED) is 0.387. The van der Waals surface area contributed by atoms with Gasteiger partial charge in [-0.25, -0.2) is 4.68 Å². The van der Waals surface area contributed by atoms with Gasteiger partial charge in [0.05, 0.1) is 19.2 Å². The molecule has 0 atom stereocenters. The molecule has 4 rings (SSSR count). The van der Waals surface area contributed by atoms with Crippen LogP contribution in [-0.2, 0) is 11.3 Å². The molecule has 0 aliphatic carbocycles. The summed E-state index contributed by atoms with van der Waals surface area (Å²) in [5.41, 5.74) is 3.65. The Hall–Kier alpha value is -3.71. The molecular weight excluding hydrogens is 420 g/mol. The molecule has 162 valence electrons. The van der Waals surface area contributed by atoms with Crippen LogP contribution in [0.25, 0.3) is 17.1 Å². The highest BCUT2D eigenvalue weighted by atomic mass is 32.1. The predicted octanol–water partition coefficient (Wildman–Crippen LogP) is 5.42. The Balaban J connectivity index is 1.68. The van der Waals surface area contributed by atoms with Gasteiger partial charge in [-0.2, -0.15) is 5.10 Å². The van der Waals surface area contributed by atoms with Gasteiger partial charge >= 0.3 is 0 Å². The molecule has 0 saturated heterocycles. The van der Waals surface area contributed by atoms with Crippen LogP contribution in [0, 0.1) is 11.7 Å². The second-order valence-corrected chi connectivity index (χ2v) is 7.73. The molecule has 0 spiro atoms. The zero-order chi connectivity index (χ0) is 22.5. The molecule has 0 unspecified atom stereocenters. The number of hydrogen-bond donors (Lipinski definition) is 1. The smallest absolute Gasteiger partial charge is 0.226 e. The fraction of sp³-hybridized carbons (Fsp3) is 0.160. The molecule has 4 aromatic rings. The summed E-state index contributed by atoms with van der Waals surface area (Å²) in [6, 6.07) is 25.2. The molecule has 0 aliphatic rings. The van der Waals surface area contributed by atoms with Crippen molar-refractivity contribution in [3.8, 4) is 22.8 Å². The number of nitrogens with one attached hydrogen (secondary N) is 1. The SMILES string of the molecule is COc1ccccc1-c1nn(CCC(=O)Nc2ccccc2)c(=S)n1-c1ccc(C)cc1.